The van der Waals surface area contributed by atoms with Crippen LogP contribution in [0.5, 0.6) is 0 Å². The maximum atomic E-state index is 6.16. The number of hydrogen-bond donors (Lipinski definition) is 2. The van der Waals surface area contributed by atoms with Crippen LogP contribution in [0.3, 0.4) is 0 Å². The maximum absolute atomic E-state index is 6.16. The lowest BCUT2D eigenvalue weighted by molar-refractivity contribution is -0.670. The summed E-state index contributed by atoms with van der Waals surface area (Å²) in [6.07, 6.45) is 8.21. The van der Waals surface area contributed by atoms with Crippen molar-refractivity contribution in [1.82, 2.24) is 20.1 Å². The van der Waals surface area contributed by atoms with Crippen molar-refractivity contribution in [2.75, 3.05) is 13.1 Å². The number of thiazole rings is 1. The predicted molar refractivity (Wildman–Crippen MR) is 98.7 cm³/mol. The third-order valence-corrected chi connectivity index (χ3v) is 5.25. The van der Waals surface area contributed by atoms with Gasteiger partial charge in [-0.05, 0) is 19.4 Å². The summed E-state index contributed by atoms with van der Waals surface area (Å²) < 4.78 is 3.99. The van der Waals surface area contributed by atoms with Crippen molar-refractivity contribution >= 4 is 28.1 Å². The molecule has 1 aliphatic rings. The van der Waals surface area contributed by atoms with E-state index in [2.05, 4.69) is 32.7 Å². The Morgan fingerprint density at radius 1 is 1.56 bits per heavy atom. The monoisotopic (exact) mass is 356 g/mol. The zero-order valence-electron chi connectivity index (χ0n) is 14.2. The Balaban J connectivity index is 1.52. The van der Waals surface area contributed by atoms with Gasteiger partial charge in [0.05, 0.1) is 18.8 Å². The minimum Gasteiger partial charge on any atom is -0.382 e. The number of nitrogens with two attached hydrogens (primary N) is 1. The number of nitrogens with zero attached hydrogens (tertiary/aromatic N) is 5. The van der Waals surface area contributed by atoms with E-state index in [9.17, 15) is 0 Å². The van der Waals surface area contributed by atoms with Gasteiger partial charge in [0.2, 0.25) is 0 Å². The van der Waals surface area contributed by atoms with E-state index < -0.39 is 0 Å². The van der Waals surface area contributed by atoms with Crippen molar-refractivity contribution < 1.29 is 4.57 Å². The zero-order chi connectivity index (χ0) is 17.2. The van der Waals surface area contributed by atoms with Crippen LogP contribution >= 0.6 is 11.3 Å². The van der Waals surface area contributed by atoms with Gasteiger partial charge < -0.3 is 11.1 Å². The number of aliphatic imine (C=N–C) groups is 1. The third kappa shape index (κ3) is 3.54. The number of aromatic nitrogens is 4. The van der Waals surface area contributed by atoms with E-state index in [4.69, 9.17) is 5.73 Å². The molecule has 3 aromatic heterocycles. The first-order valence-corrected chi connectivity index (χ1v) is 9.36. The van der Waals surface area contributed by atoms with Gasteiger partial charge in [-0.25, -0.2) is 9.55 Å². The van der Waals surface area contributed by atoms with Gasteiger partial charge in [-0.15, -0.1) is 11.3 Å². The molecule has 3 N–H and O–H groups in total. The summed E-state index contributed by atoms with van der Waals surface area (Å²) in [4.78, 5) is 9.28. The lowest BCUT2D eigenvalue weighted by Gasteiger charge is -2.19. The van der Waals surface area contributed by atoms with Crippen molar-refractivity contribution in [1.29, 1.82) is 0 Å². The molecular formula is C17H22N7S+. The Kier molecular flexibility index (Phi) is 4.46. The number of rotatable bonds is 4. The molecule has 25 heavy (non-hydrogen) atoms. The van der Waals surface area contributed by atoms with Crippen LogP contribution in [-0.2, 0) is 13.6 Å². The molecule has 7 nitrogen and oxygen atoms in total. The number of nitrogens with one attached hydrogen (secondary N) is 1. The lowest BCUT2D eigenvalue weighted by atomic mass is 10.1. The van der Waals surface area contributed by atoms with E-state index in [1.807, 2.05) is 34.1 Å². The minimum atomic E-state index is 0.258. The van der Waals surface area contributed by atoms with Crippen LogP contribution in [0.2, 0.25) is 0 Å². The summed E-state index contributed by atoms with van der Waals surface area (Å²) in [5, 5.41) is 11.9. The molecule has 130 valence electrons. The van der Waals surface area contributed by atoms with Gasteiger partial charge in [-0.2, -0.15) is 5.10 Å². The smallest absolute Gasteiger partial charge is 0.194 e. The van der Waals surface area contributed by atoms with Crippen LogP contribution in [0.15, 0.2) is 35.0 Å². The average Bonchev–Trinajstić information content (AvgIpc) is 3.24. The molecule has 3 aromatic rings. The van der Waals surface area contributed by atoms with Crippen molar-refractivity contribution in [3.63, 3.8) is 0 Å². The first-order valence-electron chi connectivity index (χ1n) is 8.48. The lowest BCUT2D eigenvalue weighted by Crippen LogP contribution is -2.34. The summed E-state index contributed by atoms with van der Waals surface area (Å²) in [7, 11) is 2.01. The number of amidine groups is 1. The van der Waals surface area contributed by atoms with Crippen molar-refractivity contribution in [3.05, 3.63) is 40.7 Å². The van der Waals surface area contributed by atoms with Gasteiger partial charge in [-0.3, -0.25) is 9.67 Å². The van der Waals surface area contributed by atoms with Crippen LogP contribution in [0, 0.1) is 0 Å². The number of aryl methyl sites for hydroxylation is 1. The highest BCUT2D eigenvalue weighted by Gasteiger charge is 2.14. The van der Waals surface area contributed by atoms with Gasteiger partial charge in [0.1, 0.15) is 29.1 Å². The van der Waals surface area contributed by atoms with E-state index >= 15 is 0 Å². The third-order valence-electron chi connectivity index (χ3n) is 4.42. The highest BCUT2D eigenvalue weighted by atomic mass is 32.1. The second-order valence-corrected chi connectivity index (χ2v) is 7.34. The zero-order valence-corrected chi connectivity index (χ0v) is 15.0. The number of hydrogen-bond acceptors (Lipinski definition) is 5. The molecule has 1 saturated heterocycles. The van der Waals surface area contributed by atoms with E-state index in [0.29, 0.717) is 12.4 Å². The van der Waals surface area contributed by atoms with Gasteiger partial charge in [0.15, 0.2) is 12.4 Å². The number of fused-ring (bicyclic) bond motifs is 1. The van der Waals surface area contributed by atoms with Crippen molar-refractivity contribution in [2.45, 2.75) is 25.4 Å². The highest BCUT2D eigenvalue weighted by molar-refractivity contribution is 7.09. The summed E-state index contributed by atoms with van der Waals surface area (Å²) in [6.45, 7) is 2.60. The molecule has 0 aromatic carbocycles. The largest absolute Gasteiger partial charge is 0.382 e. The molecule has 0 bridgehead atoms. The molecule has 1 aliphatic heterocycles. The molecule has 8 heteroatoms. The summed E-state index contributed by atoms with van der Waals surface area (Å²) >= 11 is 1.60. The van der Waals surface area contributed by atoms with Crippen LogP contribution in [0.1, 0.15) is 23.5 Å². The topological polar surface area (TPSA) is 85.0 Å². The molecule has 1 fully saturated rings. The molecule has 0 aliphatic carbocycles. The summed E-state index contributed by atoms with van der Waals surface area (Å²) in [5.41, 5.74) is 8.03. The quantitative estimate of drug-likeness (QED) is 0.412. The molecule has 4 rings (SSSR count). The number of pyridine rings is 1. The van der Waals surface area contributed by atoms with Crippen LogP contribution in [-0.4, -0.2) is 39.7 Å². The Bertz CT molecular complexity index is 905. The fourth-order valence-corrected chi connectivity index (χ4v) is 3.84. The standard InChI is InChI=1S/C17H22N7S/c1-23-6-4-12-7-20-24(15(12)9-23)10-16-22-14(11-25-16)17(18)21-13-3-2-5-19-8-13/h4,6-7,9,11,13,19H,2-3,5,8,10H2,1H3,(H2,18,21)/q+1. The molecule has 0 amide bonds. The minimum absolute atomic E-state index is 0.258. The highest BCUT2D eigenvalue weighted by Crippen LogP contribution is 2.16. The van der Waals surface area contributed by atoms with Gasteiger partial charge in [0, 0.05) is 23.4 Å². The Morgan fingerprint density at radius 2 is 2.48 bits per heavy atom. The second kappa shape index (κ2) is 6.89. The molecule has 0 saturated carbocycles. The predicted octanol–water partition coefficient (Wildman–Crippen LogP) is 0.823. The molecule has 4 heterocycles. The van der Waals surface area contributed by atoms with Crippen LogP contribution < -0.4 is 15.6 Å². The molecular weight excluding hydrogens is 334 g/mol. The van der Waals surface area contributed by atoms with Crippen molar-refractivity contribution in [2.24, 2.45) is 17.8 Å². The molecule has 1 unspecified atom stereocenters. The maximum Gasteiger partial charge on any atom is 0.194 e. The summed E-state index contributed by atoms with van der Waals surface area (Å²) in [5.74, 6) is 0.535. The summed E-state index contributed by atoms with van der Waals surface area (Å²) in [6, 6.07) is 2.32. The van der Waals surface area contributed by atoms with E-state index in [1.165, 1.54) is 0 Å². The Morgan fingerprint density at radius 3 is 3.32 bits per heavy atom. The Labute approximate surface area is 150 Å². The van der Waals surface area contributed by atoms with Gasteiger partial charge >= 0.3 is 0 Å². The number of piperidine rings is 1. The van der Waals surface area contributed by atoms with Crippen molar-refractivity contribution in [3.8, 4) is 0 Å². The van der Waals surface area contributed by atoms with E-state index in [-0.39, 0.29) is 6.04 Å². The average molecular weight is 356 g/mol. The fraction of sp³-hybridized carbons (Fsp3) is 0.412. The SMILES string of the molecule is C[n+]1ccc2cnn(Cc3nc(C(N)=NC4CCCNC4)cs3)c2c1. The molecule has 1 atom stereocenters. The van der Waals surface area contributed by atoms with Crippen LogP contribution in [0.25, 0.3) is 10.9 Å². The Hall–Kier alpha value is -2.32. The second-order valence-electron chi connectivity index (χ2n) is 6.39. The van der Waals surface area contributed by atoms with Crippen LogP contribution in [0.4, 0.5) is 0 Å². The van der Waals surface area contributed by atoms with E-state index in [0.717, 1.165) is 47.5 Å². The van der Waals surface area contributed by atoms with Gasteiger partial charge in [0.25, 0.3) is 0 Å². The molecule has 0 spiro atoms. The fourth-order valence-electron chi connectivity index (χ4n) is 3.07. The normalized spacial score (nSPS) is 18.8. The molecule has 0 radical (unpaired) electrons. The van der Waals surface area contributed by atoms with E-state index in [1.54, 1.807) is 11.3 Å². The first-order chi connectivity index (χ1) is 12.2. The van der Waals surface area contributed by atoms with Gasteiger partial charge in [-0.1, -0.05) is 0 Å². The first kappa shape index (κ1) is 16.2.